The molecule has 1 saturated heterocycles. The van der Waals surface area contributed by atoms with Crippen molar-refractivity contribution in [2.75, 3.05) is 12.4 Å². The molecule has 1 amide bonds. The zero-order valence-corrected chi connectivity index (χ0v) is 14.7. The molecule has 0 spiro atoms. The lowest BCUT2D eigenvalue weighted by molar-refractivity contribution is -0.124. The molecule has 2 unspecified atom stereocenters. The summed E-state index contributed by atoms with van der Waals surface area (Å²) in [6.07, 6.45) is 0.571. The summed E-state index contributed by atoms with van der Waals surface area (Å²) < 4.78 is 7.89. The number of aliphatic hydroxyl groups is 2. The molecular formula is C15H23N7O5. The third kappa shape index (κ3) is 3.39. The molecule has 0 radical (unpaired) electrons. The summed E-state index contributed by atoms with van der Waals surface area (Å²) in [6.45, 7) is 1.44. The third-order valence-corrected chi connectivity index (χ3v) is 4.58. The topological polar surface area (TPSA) is 184 Å². The lowest BCUT2D eigenvalue weighted by Gasteiger charge is -2.24. The number of amides is 1. The van der Waals surface area contributed by atoms with Crippen LogP contribution in [0, 0.1) is 0 Å². The predicted molar refractivity (Wildman–Crippen MR) is 93.8 cm³/mol. The zero-order chi connectivity index (χ0) is 19.7. The fraction of sp³-hybridized carbons (Fsp3) is 0.600. The van der Waals surface area contributed by atoms with E-state index in [0.717, 1.165) is 17.4 Å². The van der Waals surface area contributed by atoms with Gasteiger partial charge in [0.15, 0.2) is 17.4 Å². The number of ether oxygens (including phenoxy) is 1. The first-order chi connectivity index (χ1) is 12.9. The predicted octanol–water partition coefficient (Wildman–Crippen LogP) is -2.83. The van der Waals surface area contributed by atoms with Gasteiger partial charge in [0.05, 0.1) is 19.0 Å². The first kappa shape index (κ1) is 19.2. The minimum Gasteiger partial charge on any atom is -0.394 e. The van der Waals surface area contributed by atoms with Gasteiger partial charge in [0, 0.05) is 0 Å². The Morgan fingerprint density at radius 3 is 2.85 bits per heavy atom. The average molecular weight is 381 g/mol. The highest BCUT2D eigenvalue weighted by Crippen LogP contribution is 2.31. The molecule has 3 heterocycles. The van der Waals surface area contributed by atoms with E-state index >= 15 is 0 Å². The van der Waals surface area contributed by atoms with Crippen molar-refractivity contribution in [1.29, 1.82) is 0 Å². The van der Waals surface area contributed by atoms with E-state index in [1.807, 2.05) is 6.92 Å². The lowest BCUT2D eigenvalue weighted by atomic mass is 10.1. The van der Waals surface area contributed by atoms with Crippen LogP contribution in [0.3, 0.4) is 0 Å². The second kappa shape index (κ2) is 7.60. The molecule has 7 N–H and O–H groups in total. The summed E-state index contributed by atoms with van der Waals surface area (Å²) in [6, 6.07) is -1.66. The first-order valence-electron chi connectivity index (χ1n) is 8.58. The van der Waals surface area contributed by atoms with Gasteiger partial charge in [-0.15, -0.1) is 0 Å². The van der Waals surface area contributed by atoms with Crippen LogP contribution in [0.2, 0.25) is 0 Å². The summed E-state index contributed by atoms with van der Waals surface area (Å²) >= 11 is 0. The smallest absolute Gasteiger partial charge is 0.299 e. The standard InChI is InChI=1S/C15H23N7O5/c1-2-3-7(16)13(25)20-9-11(24)8(4-23)27-15(9)21-5-18-10-12(21)19-6-22(17)14(10)26/h5-9,11,15,23-24H,2-4,16-17H2,1H3,(H,20,25)/t7?,8-,9+,11?,15-/m1/s1. The van der Waals surface area contributed by atoms with Gasteiger partial charge in [-0.05, 0) is 6.42 Å². The molecule has 12 heteroatoms. The second-order valence-electron chi connectivity index (χ2n) is 6.45. The number of carbonyl (C=O) groups excluding carboxylic acids is 1. The highest BCUT2D eigenvalue weighted by atomic mass is 16.5. The van der Waals surface area contributed by atoms with Crippen LogP contribution in [0.5, 0.6) is 0 Å². The van der Waals surface area contributed by atoms with E-state index in [4.69, 9.17) is 16.3 Å². The molecule has 148 valence electrons. The molecule has 27 heavy (non-hydrogen) atoms. The van der Waals surface area contributed by atoms with Gasteiger partial charge in [-0.3, -0.25) is 14.2 Å². The maximum atomic E-state index is 12.3. The largest absolute Gasteiger partial charge is 0.394 e. The summed E-state index contributed by atoms with van der Waals surface area (Å²) in [5, 5.41) is 22.6. The minimum absolute atomic E-state index is 0.0123. The Bertz CT molecular complexity index is 881. The zero-order valence-electron chi connectivity index (χ0n) is 14.7. The van der Waals surface area contributed by atoms with E-state index in [1.165, 1.54) is 10.9 Å². The Morgan fingerprint density at radius 2 is 2.19 bits per heavy atom. The number of nitrogens with one attached hydrogen (secondary N) is 1. The number of nitrogen functional groups attached to an aromatic ring is 1. The SMILES string of the molecule is CCCC(N)C(=O)N[C@H]1C(O)[C@@H](CO)O[C@H]1n1cnc2c(=O)n(N)cnc21. The number of nitrogens with zero attached hydrogens (tertiary/aromatic N) is 4. The van der Waals surface area contributed by atoms with Crippen molar-refractivity contribution >= 4 is 17.1 Å². The first-order valence-corrected chi connectivity index (χ1v) is 8.58. The van der Waals surface area contributed by atoms with Crippen LogP contribution < -0.4 is 22.5 Å². The molecular weight excluding hydrogens is 358 g/mol. The van der Waals surface area contributed by atoms with Crippen LogP contribution in [-0.4, -0.2) is 66.2 Å². The average Bonchev–Trinajstić information content (AvgIpc) is 3.20. The highest BCUT2D eigenvalue weighted by Gasteiger charge is 2.46. The molecule has 2 aromatic rings. The normalized spacial score (nSPS) is 26.4. The number of imidazole rings is 1. The Morgan fingerprint density at radius 1 is 1.44 bits per heavy atom. The summed E-state index contributed by atoms with van der Waals surface area (Å²) in [5.41, 5.74) is 5.47. The maximum absolute atomic E-state index is 12.3. The molecule has 0 bridgehead atoms. The lowest BCUT2D eigenvalue weighted by Crippen LogP contribution is -2.51. The van der Waals surface area contributed by atoms with Crippen molar-refractivity contribution < 1.29 is 19.7 Å². The molecule has 1 aliphatic rings. The monoisotopic (exact) mass is 381 g/mol. The summed E-state index contributed by atoms with van der Waals surface area (Å²) in [4.78, 5) is 32.5. The van der Waals surface area contributed by atoms with Crippen molar-refractivity contribution in [1.82, 2.24) is 24.5 Å². The third-order valence-electron chi connectivity index (χ3n) is 4.58. The number of aromatic nitrogens is 4. The Balaban J connectivity index is 1.95. The van der Waals surface area contributed by atoms with Gasteiger partial charge in [0.1, 0.15) is 24.6 Å². The van der Waals surface area contributed by atoms with E-state index in [0.29, 0.717) is 6.42 Å². The molecule has 12 nitrogen and oxygen atoms in total. The van der Waals surface area contributed by atoms with Gasteiger partial charge >= 0.3 is 0 Å². The molecule has 3 rings (SSSR count). The number of fused-ring (bicyclic) bond motifs is 1. The summed E-state index contributed by atoms with van der Waals surface area (Å²) in [5.74, 6) is 5.04. The number of nitrogens with two attached hydrogens (primary N) is 2. The number of hydrogen-bond acceptors (Lipinski definition) is 9. The van der Waals surface area contributed by atoms with Crippen molar-refractivity contribution in [2.24, 2.45) is 5.73 Å². The summed E-state index contributed by atoms with van der Waals surface area (Å²) in [7, 11) is 0. The van der Waals surface area contributed by atoms with Crippen LogP contribution in [0.4, 0.5) is 0 Å². The van der Waals surface area contributed by atoms with Crippen LogP contribution in [0.1, 0.15) is 26.0 Å². The van der Waals surface area contributed by atoms with Crippen molar-refractivity contribution in [3.05, 3.63) is 23.0 Å². The number of aliphatic hydroxyl groups excluding tert-OH is 2. The second-order valence-corrected chi connectivity index (χ2v) is 6.45. The molecule has 0 aromatic carbocycles. The van der Waals surface area contributed by atoms with Gasteiger partial charge in [0.2, 0.25) is 5.91 Å². The fourth-order valence-electron chi connectivity index (χ4n) is 3.12. The van der Waals surface area contributed by atoms with E-state index in [-0.39, 0.29) is 11.2 Å². The van der Waals surface area contributed by atoms with Crippen LogP contribution in [0.25, 0.3) is 11.2 Å². The quantitative estimate of drug-likeness (QED) is 0.329. The van der Waals surface area contributed by atoms with Gasteiger partial charge in [-0.1, -0.05) is 13.3 Å². The molecule has 0 aliphatic carbocycles. The number of hydrogen-bond donors (Lipinski definition) is 5. The molecule has 1 aliphatic heterocycles. The number of carbonyl (C=O) groups is 1. The Kier molecular flexibility index (Phi) is 5.41. The highest BCUT2D eigenvalue weighted by molar-refractivity contribution is 5.82. The van der Waals surface area contributed by atoms with Crippen molar-refractivity contribution in [3.63, 3.8) is 0 Å². The van der Waals surface area contributed by atoms with Gasteiger partial charge in [0.25, 0.3) is 5.56 Å². The van der Waals surface area contributed by atoms with E-state index in [1.54, 1.807) is 0 Å². The van der Waals surface area contributed by atoms with Crippen LogP contribution in [0.15, 0.2) is 17.4 Å². The van der Waals surface area contributed by atoms with Gasteiger partial charge in [-0.2, -0.15) is 0 Å². The number of rotatable bonds is 6. The van der Waals surface area contributed by atoms with Crippen molar-refractivity contribution in [2.45, 2.75) is 50.3 Å². The molecule has 1 fully saturated rings. The van der Waals surface area contributed by atoms with E-state index < -0.39 is 48.6 Å². The molecule has 2 aromatic heterocycles. The Hall–Kier alpha value is -2.54. The molecule has 5 atom stereocenters. The maximum Gasteiger partial charge on any atom is 0.299 e. The van der Waals surface area contributed by atoms with Gasteiger partial charge < -0.3 is 31.8 Å². The van der Waals surface area contributed by atoms with Gasteiger partial charge in [-0.25, -0.2) is 14.6 Å². The van der Waals surface area contributed by atoms with Crippen LogP contribution in [-0.2, 0) is 9.53 Å². The van der Waals surface area contributed by atoms with E-state index in [2.05, 4.69) is 15.3 Å². The Labute approximate surface area is 153 Å². The van der Waals surface area contributed by atoms with Crippen LogP contribution >= 0.6 is 0 Å². The minimum atomic E-state index is -1.19. The van der Waals surface area contributed by atoms with Crippen molar-refractivity contribution in [3.8, 4) is 0 Å². The molecule has 0 saturated carbocycles. The van der Waals surface area contributed by atoms with E-state index in [9.17, 15) is 19.8 Å². The fourth-order valence-corrected chi connectivity index (χ4v) is 3.12.